The molecule has 2 atom stereocenters. The molecule has 0 amide bonds. The fourth-order valence-corrected chi connectivity index (χ4v) is 3.55. The molecule has 20 heavy (non-hydrogen) atoms. The van der Waals surface area contributed by atoms with Crippen molar-refractivity contribution < 1.29 is 14.8 Å². The van der Waals surface area contributed by atoms with Crippen LogP contribution in [0.2, 0.25) is 0 Å². The summed E-state index contributed by atoms with van der Waals surface area (Å²) in [4.78, 5) is 21.7. The quantitative estimate of drug-likeness (QED) is 0.661. The van der Waals surface area contributed by atoms with Gasteiger partial charge >= 0.3 is 5.97 Å². The van der Waals surface area contributed by atoms with E-state index < -0.39 is 16.3 Å². The molecule has 3 rings (SSSR count). The standard InChI is InChI=1S/C15H17NO4/c17-14(18)15(8-11-7-12(11)9-15)6-5-10-1-3-13(4-2-10)16(19)20/h1-4,11-12H,5-9H2,(H,17,18). The molecule has 106 valence electrons. The number of nitro groups is 1. The average molecular weight is 275 g/mol. The second kappa shape index (κ2) is 4.58. The zero-order valence-electron chi connectivity index (χ0n) is 11.1. The number of aliphatic carboxylic acids is 1. The fraction of sp³-hybridized carbons (Fsp3) is 0.533. The Morgan fingerprint density at radius 2 is 1.90 bits per heavy atom. The van der Waals surface area contributed by atoms with E-state index in [0.717, 1.165) is 18.4 Å². The summed E-state index contributed by atoms with van der Waals surface area (Å²) in [7, 11) is 0. The van der Waals surface area contributed by atoms with E-state index in [9.17, 15) is 20.0 Å². The lowest BCUT2D eigenvalue weighted by atomic mass is 9.78. The molecule has 1 aromatic carbocycles. The molecule has 0 aromatic heterocycles. The normalized spacial score (nSPS) is 30.8. The van der Waals surface area contributed by atoms with Gasteiger partial charge in [-0.15, -0.1) is 0 Å². The van der Waals surface area contributed by atoms with Gasteiger partial charge in [-0.1, -0.05) is 12.1 Å². The summed E-state index contributed by atoms with van der Waals surface area (Å²) in [6.07, 6.45) is 4.11. The predicted octanol–water partition coefficient (Wildman–Crippen LogP) is 3.03. The Kier molecular flexibility index (Phi) is 3.00. The second-order valence-electron chi connectivity index (χ2n) is 6.17. The van der Waals surface area contributed by atoms with Crippen LogP contribution in [0.3, 0.4) is 0 Å². The van der Waals surface area contributed by atoms with Crippen molar-refractivity contribution in [2.24, 2.45) is 17.3 Å². The number of aryl methyl sites for hydroxylation is 1. The van der Waals surface area contributed by atoms with Crippen LogP contribution >= 0.6 is 0 Å². The van der Waals surface area contributed by atoms with Gasteiger partial charge in [0.15, 0.2) is 0 Å². The van der Waals surface area contributed by atoms with Gasteiger partial charge < -0.3 is 5.11 Å². The van der Waals surface area contributed by atoms with Crippen LogP contribution < -0.4 is 0 Å². The van der Waals surface area contributed by atoms with Gasteiger partial charge in [0, 0.05) is 12.1 Å². The summed E-state index contributed by atoms with van der Waals surface area (Å²) in [5.41, 5.74) is 0.482. The molecule has 2 unspecified atom stereocenters. The van der Waals surface area contributed by atoms with Crippen molar-refractivity contribution in [3.63, 3.8) is 0 Å². The van der Waals surface area contributed by atoms with Crippen molar-refractivity contribution in [3.05, 3.63) is 39.9 Å². The molecular weight excluding hydrogens is 258 g/mol. The van der Waals surface area contributed by atoms with Gasteiger partial charge in [0.25, 0.3) is 5.69 Å². The molecule has 0 heterocycles. The third-order valence-corrected chi connectivity index (χ3v) is 4.87. The smallest absolute Gasteiger partial charge is 0.309 e. The monoisotopic (exact) mass is 275 g/mol. The molecule has 0 spiro atoms. The molecule has 0 aliphatic heterocycles. The number of benzene rings is 1. The minimum atomic E-state index is -0.674. The molecule has 5 nitrogen and oxygen atoms in total. The summed E-state index contributed by atoms with van der Waals surface area (Å²) in [5, 5.41) is 20.1. The maximum absolute atomic E-state index is 11.6. The summed E-state index contributed by atoms with van der Waals surface area (Å²) < 4.78 is 0. The van der Waals surface area contributed by atoms with Gasteiger partial charge in [0.05, 0.1) is 10.3 Å². The molecule has 2 saturated carbocycles. The number of hydrogen-bond donors (Lipinski definition) is 1. The first kappa shape index (κ1) is 13.1. The van der Waals surface area contributed by atoms with Crippen LogP contribution in [0.5, 0.6) is 0 Å². The molecule has 0 bridgehead atoms. The Morgan fingerprint density at radius 1 is 1.30 bits per heavy atom. The molecule has 1 N–H and O–H groups in total. The molecule has 0 saturated heterocycles. The predicted molar refractivity (Wildman–Crippen MR) is 72.3 cm³/mol. The van der Waals surface area contributed by atoms with Crippen molar-refractivity contribution in [1.29, 1.82) is 0 Å². The van der Waals surface area contributed by atoms with Crippen molar-refractivity contribution >= 4 is 11.7 Å². The van der Waals surface area contributed by atoms with Crippen LogP contribution in [0.15, 0.2) is 24.3 Å². The van der Waals surface area contributed by atoms with E-state index in [1.165, 1.54) is 18.6 Å². The first-order valence-corrected chi connectivity index (χ1v) is 6.97. The Bertz CT molecular complexity index is 541. The second-order valence-corrected chi connectivity index (χ2v) is 6.17. The van der Waals surface area contributed by atoms with Crippen molar-refractivity contribution in [1.82, 2.24) is 0 Å². The Balaban J connectivity index is 1.66. The maximum Gasteiger partial charge on any atom is 0.309 e. The Hall–Kier alpha value is -1.91. The summed E-state index contributed by atoms with van der Waals surface area (Å²) in [5.74, 6) is 0.581. The number of carbonyl (C=O) groups is 1. The topological polar surface area (TPSA) is 80.4 Å². The van der Waals surface area contributed by atoms with Gasteiger partial charge in [-0.3, -0.25) is 14.9 Å². The van der Waals surface area contributed by atoms with E-state index in [1.807, 2.05) is 0 Å². The molecule has 2 aliphatic rings. The Morgan fingerprint density at radius 3 is 2.40 bits per heavy atom. The van der Waals surface area contributed by atoms with Crippen LogP contribution in [-0.4, -0.2) is 16.0 Å². The lowest BCUT2D eigenvalue weighted by Crippen LogP contribution is -2.30. The maximum atomic E-state index is 11.6. The van der Waals surface area contributed by atoms with Crippen LogP contribution in [0, 0.1) is 27.4 Å². The van der Waals surface area contributed by atoms with Crippen LogP contribution in [0.4, 0.5) is 5.69 Å². The van der Waals surface area contributed by atoms with Crippen molar-refractivity contribution in [2.45, 2.75) is 32.1 Å². The van der Waals surface area contributed by atoms with E-state index in [0.29, 0.717) is 24.7 Å². The largest absolute Gasteiger partial charge is 0.481 e. The molecule has 2 aliphatic carbocycles. The molecule has 0 radical (unpaired) electrons. The number of carboxylic acids is 1. The highest BCUT2D eigenvalue weighted by atomic mass is 16.6. The van der Waals surface area contributed by atoms with Gasteiger partial charge in [-0.25, -0.2) is 0 Å². The number of non-ortho nitro benzene ring substituents is 1. The fourth-order valence-electron chi connectivity index (χ4n) is 3.55. The average Bonchev–Trinajstić information content (AvgIpc) is 3.04. The van der Waals surface area contributed by atoms with E-state index in [2.05, 4.69) is 0 Å². The van der Waals surface area contributed by atoms with Gasteiger partial charge in [-0.2, -0.15) is 0 Å². The van der Waals surface area contributed by atoms with E-state index in [1.54, 1.807) is 12.1 Å². The lowest BCUT2D eigenvalue weighted by Gasteiger charge is -2.25. The van der Waals surface area contributed by atoms with Crippen molar-refractivity contribution in [3.8, 4) is 0 Å². The van der Waals surface area contributed by atoms with Crippen LogP contribution in [0.1, 0.15) is 31.2 Å². The third-order valence-electron chi connectivity index (χ3n) is 4.87. The van der Waals surface area contributed by atoms with Crippen LogP contribution in [0.25, 0.3) is 0 Å². The van der Waals surface area contributed by atoms with Gasteiger partial charge in [-0.05, 0) is 49.5 Å². The number of hydrogen-bond acceptors (Lipinski definition) is 3. The zero-order valence-corrected chi connectivity index (χ0v) is 11.1. The minimum Gasteiger partial charge on any atom is -0.481 e. The summed E-state index contributed by atoms with van der Waals surface area (Å²) >= 11 is 0. The van der Waals surface area contributed by atoms with E-state index >= 15 is 0 Å². The number of fused-ring (bicyclic) bond motifs is 1. The van der Waals surface area contributed by atoms with E-state index in [-0.39, 0.29) is 5.69 Å². The molecular formula is C15H17NO4. The number of nitrogens with zero attached hydrogens (tertiary/aromatic N) is 1. The molecule has 5 heteroatoms. The van der Waals surface area contributed by atoms with E-state index in [4.69, 9.17) is 0 Å². The highest BCUT2D eigenvalue weighted by molar-refractivity contribution is 5.75. The van der Waals surface area contributed by atoms with Gasteiger partial charge in [0.1, 0.15) is 0 Å². The summed E-state index contributed by atoms with van der Waals surface area (Å²) in [6, 6.07) is 6.41. The first-order chi connectivity index (χ1) is 9.50. The Labute approximate surface area is 116 Å². The minimum absolute atomic E-state index is 0.0730. The lowest BCUT2D eigenvalue weighted by molar-refractivity contribution is -0.384. The number of rotatable bonds is 5. The van der Waals surface area contributed by atoms with Crippen molar-refractivity contribution in [2.75, 3.05) is 0 Å². The van der Waals surface area contributed by atoms with Crippen LogP contribution in [-0.2, 0) is 11.2 Å². The van der Waals surface area contributed by atoms with Gasteiger partial charge in [0.2, 0.25) is 0 Å². The molecule has 2 fully saturated rings. The number of nitro benzene ring substituents is 1. The summed E-state index contributed by atoms with van der Waals surface area (Å²) in [6.45, 7) is 0. The first-order valence-electron chi connectivity index (χ1n) is 6.97. The highest BCUT2D eigenvalue weighted by Crippen LogP contribution is 2.61. The molecule has 1 aromatic rings. The SMILES string of the molecule is O=C(O)C1(CCc2ccc([N+](=O)[O-])cc2)CC2CC2C1. The highest BCUT2D eigenvalue weighted by Gasteiger charge is 2.57. The zero-order chi connectivity index (χ0) is 14.3. The third kappa shape index (κ3) is 2.28. The number of carboxylic acid groups (broad SMARTS) is 1.